The van der Waals surface area contributed by atoms with E-state index in [4.69, 9.17) is 0 Å². The Morgan fingerprint density at radius 1 is 0.209 bits per heavy atom. The Hall–Kier alpha value is -10.4. The third-order valence-electron chi connectivity index (χ3n) is 17.5. The van der Waals surface area contributed by atoms with Crippen LogP contribution < -0.4 is 20.1 Å². The van der Waals surface area contributed by atoms with Crippen LogP contribution in [0.5, 0.6) is 11.5 Å². The minimum atomic E-state index is -9.17. The molecule has 0 amide bonds. The number of halogens is 40. The van der Waals surface area contributed by atoms with E-state index in [0.29, 0.717) is 0 Å². The van der Waals surface area contributed by atoms with Crippen molar-refractivity contribution < 1.29 is 185 Å². The van der Waals surface area contributed by atoms with Gasteiger partial charge in [0.15, 0.2) is 11.5 Å². The molecule has 8 rings (SSSR count). The molecule has 624 valence electrons. The Morgan fingerprint density at radius 3 is 0.591 bits per heavy atom. The average molecular weight is 1710 g/mol. The van der Waals surface area contributed by atoms with Crippen molar-refractivity contribution in [1.82, 2.24) is 0 Å². The third kappa shape index (κ3) is 14.1. The lowest BCUT2D eigenvalue weighted by molar-refractivity contribution is -0.451. The average Bonchev–Trinajstić information content (AvgIpc) is 0.704. The number of alkyl halides is 36. The van der Waals surface area contributed by atoms with E-state index in [-0.39, 0.29) is 33.4 Å². The maximum Gasteiger partial charge on any atom is 0.460 e. The Kier molecular flexibility index (Phi) is 23.3. The number of hydrogen-bond donors (Lipinski definition) is 2. The molecule has 0 fully saturated rings. The molecule has 4 nitrogen and oxygen atoms in total. The maximum absolute atomic E-state index is 17.0. The molecular formula is C71H38F40N2O2. The van der Waals surface area contributed by atoms with E-state index in [1.54, 1.807) is 0 Å². The van der Waals surface area contributed by atoms with Crippen LogP contribution in [0.3, 0.4) is 0 Å². The van der Waals surface area contributed by atoms with E-state index >= 15 is 79.0 Å². The Bertz CT molecular complexity index is 4300. The standard InChI is InChI=1S/C71H38F40N2O2/c72-49(56(76,77)58(80,81)60(84,85)62(88,89)64(92,93)66(96,97)70(106,107)108)51(74)114-47-33-31-43(35-45(47)112-53(37-19-7-1-8-20-37,38-21-9-2-10-22-38)39-23-11-3-12-24-39)55(68(100,101)102,69(103,104)105)44-32-34-48(46(36-44)113-54(40-25-13-4-14-26-40,41-27-15-5-16-28-41)42-29-17-6-18-30-42)115-52(75)50(73)57(78,79)59(82,83)61(86,87)63(90,91)65(94,95)67(98,99)71(109,110)111/h1-36,112-113H. The second kappa shape index (κ2) is 29.7. The summed E-state index contributed by atoms with van der Waals surface area (Å²) in [4.78, 5) is 0. The van der Waals surface area contributed by atoms with Crippen molar-refractivity contribution in [2.45, 2.75) is 112 Å². The monoisotopic (exact) mass is 1710 g/mol. The molecule has 0 heterocycles. The first-order chi connectivity index (χ1) is 52.4. The molecule has 0 spiro atoms. The summed E-state index contributed by atoms with van der Waals surface area (Å²) in [7, 11) is 0. The zero-order valence-electron chi connectivity index (χ0n) is 55.2. The predicted octanol–water partition coefficient (Wildman–Crippen LogP) is 25.6. The van der Waals surface area contributed by atoms with Crippen LogP contribution in [0.25, 0.3) is 0 Å². The molecule has 8 aromatic carbocycles. The van der Waals surface area contributed by atoms with E-state index in [1.807, 2.05) is 0 Å². The molecule has 0 aliphatic carbocycles. The molecule has 0 atom stereocenters. The quantitative estimate of drug-likeness (QED) is 0.0291. The van der Waals surface area contributed by atoms with Crippen LogP contribution in [0.1, 0.15) is 44.5 Å². The van der Waals surface area contributed by atoms with Crippen molar-refractivity contribution in [2.24, 2.45) is 0 Å². The Labute approximate surface area is 616 Å². The molecule has 0 aliphatic rings. The lowest BCUT2D eigenvalue weighted by Crippen LogP contribution is -2.72. The molecule has 0 saturated carbocycles. The highest BCUT2D eigenvalue weighted by atomic mass is 19.5. The van der Waals surface area contributed by atoms with Crippen LogP contribution in [0.15, 0.2) is 242 Å². The summed E-state index contributed by atoms with van der Waals surface area (Å²) in [6, 6.07) is 20.3. The number of anilines is 2. The van der Waals surface area contributed by atoms with Crippen LogP contribution in [-0.2, 0) is 16.5 Å². The van der Waals surface area contributed by atoms with Crippen LogP contribution in [-0.4, -0.2) is 95.8 Å². The van der Waals surface area contributed by atoms with E-state index < -0.39 is 206 Å². The lowest BCUT2D eigenvalue weighted by atomic mass is 9.72. The smallest absolute Gasteiger partial charge is 0.427 e. The molecule has 115 heavy (non-hydrogen) atoms. The Balaban J connectivity index is 1.48. The number of hydrogen-bond acceptors (Lipinski definition) is 4. The second-order valence-corrected chi connectivity index (χ2v) is 24.4. The van der Waals surface area contributed by atoms with Gasteiger partial charge in [-0.3, -0.25) is 0 Å². The van der Waals surface area contributed by atoms with Gasteiger partial charge in [-0.15, -0.1) is 0 Å². The molecule has 0 radical (unpaired) electrons. The summed E-state index contributed by atoms with van der Waals surface area (Å²) in [5.74, 6) is -121. The summed E-state index contributed by atoms with van der Waals surface area (Å²) < 4.78 is 605. The minimum absolute atomic E-state index is 0.380. The van der Waals surface area contributed by atoms with Gasteiger partial charge in [0.2, 0.25) is 17.1 Å². The number of ether oxygens (including phenoxy) is 2. The highest BCUT2D eigenvalue weighted by Crippen LogP contribution is 2.67. The van der Waals surface area contributed by atoms with Crippen molar-refractivity contribution >= 4 is 11.4 Å². The summed E-state index contributed by atoms with van der Waals surface area (Å²) in [6.07, 6.45) is -31.0. The van der Waals surface area contributed by atoms with E-state index in [1.165, 1.54) is 36.4 Å². The predicted molar refractivity (Wildman–Crippen MR) is 323 cm³/mol. The van der Waals surface area contributed by atoms with E-state index in [2.05, 4.69) is 20.1 Å². The zero-order chi connectivity index (χ0) is 87.0. The zero-order valence-corrected chi connectivity index (χ0v) is 55.2. The van der Waals surface area contributed by atoms with Gasteiger partial charge < -0.3 is 20.1 Å². The van der Waals surface area contributed by atoms with Gasteiger partial charge in [0.05, 0.1) is 11.4 Å². The summed E-state index contributed by atoms with van der Waals surface area (Å²) >= 11 is 0. The number of benzene rings is 8. The first-order valence-corrected chi connectivity index (χ1v) is 30.8. The topological polar surface area (TPSA) is 42.5 Å². The normalized spacial score (nSPS) is 14.9. The Morgan fingerprint density at radius 2 is 0.400 bits per heavy atom. The highest BCUT2D eigenvalue weighted by Gasteiger charge is 2.96. The molecule has 0 bridgehead atoms. The van der Waals surface area contributed by atoms with Gasteiger partial charge in [0.25, 0.3) is 0 Å². The van der Waals surface area contributed by atoms with Crippen molar-refractivity contribution in [2.75, 3.05) is 10.6 Å². The fraction of sp³-hybridized carbons (Fsp3) is 0.268. The molecular weight excluding hydrogens is 1670 g/mol. The molecule has 0 unspecified atom stereocenters. The molecule has 0 saturated heterocycles. The van der Waals surface area contributed by atoms with Gasteiger partial charge in [0.1, 0.15) is 11.1 Å². The van der Waals surface area contributed by atoms with E-state index in [0.717, 1.165) is 146 Å². The van der Waals surface area contributed by atoms with E-state index in [9.17, 15) is 96.6 Å². The summed E-state index contributed by atoms with van der Waals surface area (Å²) in [6.45, 7) is 0. The van der Waals surface area contributed by atoms with Crippen molar-refractivity contribution in [3.05, 3.63) is 287 Å². The van der Waals surface area contributed by atoms with Crippen LogP contribution >= 0.6 is 0 Å². The maximum atomic E-state index is 17.0. The van der Waals surface area contributed by atoms with Crippen molar-refractivity contribution in [1.29, 1.82) is 0 Å². The van der Waals surface area contributed by atoms with Crippen LogP contribution in [0.4, 0.5) is 187 Å². The van der Waals surface area contributed by atoms with Crippen LogP contribution in [0.2, 0.25) is 0 Å². The van der Waals surface area contributed by atoms with Crippen molar-refractivity contribution in [3.63, 3.8) is 0 Å². The van der Waals surface area contributed by atoms with Gasteiger partial charge in [-0.25, -0.2) is 0 Å². The fourth-order valence-corrected chi connectivity index (χ4v) is 11.6. The van der Waals surface area contributed by atoms with Crippen LogP contribution in [0, 0.1) is 0 Å². The van der Waals surface area contributed by atoms with Crippen molar-refractivity contribution in [3.8, 4) is 11.5 Å². The number of allylic oxidation sites excluding steroid dienone is 2. The van der Waals surface area contributed by atoms with Gasteiger partial charge in [0, 0.05) is 0 Å². The lowest BCUT2D eigenvalue weighted by Gasteiger charge is -2.41. The number of nitrogens with one attached hydrogen (secondary N) is 2. The van der Waals surface area contributed by atoms with Gasteiger partial charge >= 0.3 is 108 Å². The molecule has 0 aromatic heterocycles. The summed E-state index contributed by atoms with van der Waals surface area (Å²) in [5.41, 5.74) is -23.1. The van der Waals surface area contributed by atoms with Gasteiger partial charge in [-0.2, -0.15) is 176 Å². The fourth-order valence-electron chi connectivity index (χ4n) is 11.6. The minimum Gasteiger partial charge on any atom is -0.427 e. The first-order valence-electron chi connectivity index (χ1n) is 30.8. The largest absolute Gasteiger partial charge is 0.460 e. The second-order valence-electron chi connectivity index (χ2n) is 24.4. The first kappa shape index (κ1) is 90.2. The SMILES string of the molecule is FC(Oc1ccc(C(c2ccc(OC(F)=C(F)C(F)(F)C(F)(F)C(F)(F)C(F)(F)C(F)(F)C(F)(F)C(F)(F)F)c(NC(c3ccccc3)(c3ccccc3)c3ccccc3)c2)(C(F)(F)F)C(F)(F)F)cc1NC(c1ccccc1)(c1ccccc1)c1ccccc1)=C(F)C(F)(F)C(F)(F)C(F)(F)C(F)(F)C(F)(F)C(F)(F)C(F)(F)F. The van der Waals surface area contributed by atoms with Gasteiger partial charge in [-0.05, 0) is 68.8 Å². The molecule has 8 aromatic rings. The molecule has 44 heteroatoms. The third-order valence-corrected chi connectivity index (χ3v) is 17.5. The number of rotatable bonds is 28. The molecule has 2 N–H and O–H groups in total. The summed E-state index contributed by atoms with van der Waals surface area (Å²) in [5, 5.41) is 4.54. The van der Waals surface area contributed by atoms with Gasteiger partial charge in [-0.1, -0.05) is 194 Å². The molecule has 0 aliphatic heterocycles. The highest BCUT2D eigenvalue weighted by molar-refractivity contribution is 5.71.